The third-order valence-corrected chi connectivity index (χ3v) is 7.67. The second kappa shape index (κ2) is 4.84. The summed E-state index contributed by atoms with van der Waals surface area (Å²) in [5, 5.41) is 0. The molecule has 23 heavy (non-hydrogen) atoms. The molecular weight excluding hydrogens is 284 g/mol. The molecule has 2 saturated carbocycles. The predicted octanol–water partition coefficient (Wildman–Crippen LogP) is 4.82. The molecule has 0 heterocycles. The van der Waals surface area contributed by atoms with E-state index in [0.29, 0.717) is 23.5 Å². The molecule has 4 aliphatic rings. The third-order valence-electron chi connectivity index (χ3n) is 7.67. The van der Waals surface area contributed by atoms with E-state index in [1.165, 1.54) is 12.0 Å². The highest BCUT2D eigenvalue weighted by Crippen LogP contribution is 2.63. The summed E-state index contributed by atoms with van der Waals surface area (Å²) < 4.78 is 5.51. The zero-order chi connectivity index (χ0) is 16.4. The summed E-state index contributed by atoms with van der Waals surface area (Å²) in [6.07, 6.45) is 10.9. The van der Waals surface area contributed by atoms with Crippen molar-refractivity contribution in [2.24, 2.45) is 28.6 Å². The number of ketones is 1. The minimum atomic E-state index is -0.0396. The molecule has 0 N–H and O–H groups in total. The van der Waals surface area contributed by atoms with Gasteiger partial charge in [0, 0.05) is 11.8 Å². The van der Waals surface area contributed by atoms with Crippen molar-refractivity contribution < 1.29 is 9.53 Å². The molecule has 0 aliphatic heterocycles. The number of Topliss-reactive ketones (excluding diaryl/α,β-unsaturated/α-hetero) is 1. The van der Waals surface area contributed by atoms with Crippen LogP contribution >= 0.6 is 0 Å². The summed E-state index contributed by atoms with van der Waals surface area (Å²) in [5.41, 5.74) is 2.71. The molecule has 0 aromatic heterocycles. The maximum atomic E-state index is 12.4. The van der Waals surface area contributed by atoms with Crippen LogP contribution in [-0.4, -0.2) is 12.9 Å². The lowest BCUT2D eigenvalue weighted by molar-refractivity contribution is -0.131. The van der Waals surface area contributed by atoms with Crippen molar-refractivity contribution in [3.63, 3.8) is 0 Å². The van der Waals surface area contributed by atoms with Crippen molar-refractivity contribution in [3.05, 3.63) is 35.6 Å². The van der Waals surface area contributed by atoms with Gasteiger partial charge in [0.2, 0.25) is 0 Å². The Bertz CT molecular complexity index is 640. The highest BCUT2D eigenvalue weighted by molar-refractivity contribution is 5.87. The fourth-order valence-corrected chi connectivity index (χ4v) is 6.32. The summed E-state index contributed by atoms with van der Waals surface area (Å²) in [6.45, 7) is 8.92. The average molecular weight is 312 g/mol. The maximum Gasteiger partial charge on any atom is 0.139 e. The van der Waals surface area contributed by atoms with Crippen molar-refractivity contribution >= 4 is 5.78 Å². The number of carbonyl (C=O) groups is 1. The Balaban J connectivity index is 1.74. The van der Waals surface area contributed by atoms with Crippen LogP contribution in [-0.2, 0) is 9.53 Å². The fraction of sp³-hybridized carbons (Fsp3) is 0.667. The summed E-state index contributed by atoms with van der Waals surface area (Å²) >= 11 is 0. The standard InChI is InChI=1S/C21H28O2/c1-13-12-21(3)14(11-18(13)23-4)5-6-15-16-7-8-19(22)20(16,2)10-9-17(15)21/h5,11,15-17H,1,6-10,12H2,2-4H3/t15-,16-,17-,20-,21-/m0/s1. The molecule has 0 spiro atoms. The first kappa shape index (κ1) is 15.2. The molecule has 0 aromatic carbocycles. The van der Waals surface area contributed by atoms with Gasteiger partial charge in [0.1, 0.15) is 11.5 Å². The van der Waals surface area contributed by atoms with E-state index in [2.05, 4.69) is 32.6 Å². The SMILES string of the molecule is C=C1C[C@@]2(C)C(=CC[C@@H]3[C@@H]2CC[C@]2(C)C(=O)CC[C@@H]32)C=C1OC. The van der Waals surface area contributed by atoms with Crippen molar-refractivity contribution in [2.75, 3.05) is 7.11 Å². The van der Waals surface area contributed by atoms with Crippen molar-refractivity contribution in [1.29, 1.82) is 0 Å². The fourth-order valence-electron chi connectivity index (χ4n) is 6.32. The van der Waals surface area contributed by atoms with Gasteiger partial charge < -0.3 is 4.74 Å². The first-order valence-electron chi connectivity index (χ1n) is 9.08. The van der Waals surface area contributed by atoms with Gasteiger partial charge in [-0.1, -0.05) is 26.5 Å². The molecule has 0 radical (unpaired) electrons. The van der Waals surface area contributed by atoms with E-state index >= 15 is 0 Å². The van der Waals surface area contributed by atoms with E-state index in [1.54, 1.807) is 7.11 Å². The molecule has 2 heteroatoms. The van der Waals surface area contributed by atoms with Crippen LogP contribution in [0.5, 0.6) is 0 Å². The van der Waals surface area contributed by atoms with Gasteiger partial charge in [-0.2, -0.15) is 0 Å². The quantitative estimate of drug-likeness (QED) is 0.693. The largest absolute Gasteiger partial charge is 0.496 e. The normalized spacial score (nSPS) is 45.6. The summed E-state index contributed by atoms with van der Waals surface area (Å²) in [7, 11) is 1.74. The van der Waals surface area contributed by atoms with E-state index in [9.17, 15) is 4.79 Å². The molecule has 4 aliphatic carbocycles. The van der Waals surface area contributed by atoms with Crippen LogP contribution in [0.25, 0.3) is 0 Å². The van der Waals surface area contributed by atoms with Crippen molar-refractivity contribution in [2.45, 2.75) is 52.4 Å². The first-order chi connectivity index (χ1) is 10.9. The minimum absolute atomic E-state index is 0.0396. The Labute approximate surface area is 139 Å². The lowest BCUT2D eigenvalue weighted by atomic mass is 9.48. The number of fused-ring (bicyclic) bond motifs is 5. The van der Waals surface area contributed by atoms with Crippen LogP contribution in [0.3, 0.4) is 0 Å². The number of ether oxygens (including phenoxy) is 1. The molecule has 2 fully saturated rings. The minimum Gasteiger partial charge on any atom is -0.496 e. The van der Waals surface area contributed by atoms with Gasteiger partial charge in [0.15, 0.2) is 0 Å². The zero-order valence-electron chi connectivity index (χ0n) is 14.7. The number of allylic oxidation sites excluding steroid dienone is 4. The maximum absolute atomic E-state index is 12.4. The summed E-state index contributed by atoms with van der Waals surface area (Å²) in [5.74, 6) is 3.40. The Morgan fingerprint density at radius 1 is 1.22 bits per heavy atom. The van der Waals surface area contributed by atoms with Crippen LogP contribution in [0.2, 0.25) is 0 Å². The average Bonchev–Trinajstić information content (AvgIpc) is 2.82. The number of methoxy groups -OCH3 is 1. The van der Waals surface area contributed by atoms with Crippen LogP contribution in [0.15, 0.2) is 35.6 Å². The van der Waals surface area contributed by atoms with Crippen molar-refractivity contribution in [3.8, 4) is 0 Å². The molecule has 0 bridgehead atoms. The Morgan fingerprint density at radius 2 is 1.96 bits per heavy atom. The molecule has 4 rings (SSSR count). The smallest absolute Gasteiger partial charge is 0.139 e. The van der Waals surface area contributed by atoms with Crippen LogP contribution in [0.1, 0.15) is 52.4 Å². The van der Waals surface area contributed by atoms with Gasteiger partial charge in [0.05, 0.1) is 7.11 Å². The van der Waals surface area contributed by atoms with Crippen LogP contribution < -0.4 is 0 Å². The second-order valence-electron chi connectivity index (χ2n) is 8.60. The van der Waals surface area contributed by atoms with Crippen LogP contribution in [0, 0.1) is 28.6 Å². The molecule has 0 aromatic rings. The molecule has 0 amide bonds. The highest BCUT2D eigenvalue weighted by Gasteiger charge is 2.58. The van der Waals surface area contributed by atoms with E-state index in [1.807, 2.05) is 0 Å². The predicted molar refractivity (Wildman–Crippen MR) is 91.7 cm³/mol. The molecule has 124 valence electrons. The molecule has 0 saturated heterocycles. The second-order valence-corrected chi connectivity index (χ2v) is 8.60. The zero-order valence-corrected chi connectivity index (χ0v) is 14.7. The van der Waals surface area contributed by atoms with Gasteiger partial charge in [-0.15, -0.1) is 0 Å². The van der Waals surface area contributed by atoms with Crippen molar-refractivity contribution in [1.82, 2.24) is 0 Å². The number of carbonyl (C=O) groups excluding carboxylic acids is 1. The van der Waals surface area contributed by atoms with Crippen LogP contribution in [0.4, 0.5) is 0 Å². The lowest BCUT2D eigenvalue weighted by Crippen LogP contribution is -2.49. The lowest BCUT2D eigenvalue weighted by Gasteiger charge is -2.55. The van der Waals surface area contributed by atoms with Gasteiger partial charge in [0.25, 0.3) is 0 Å². The Morgan fingerprint density at radius 3 is 2.70 bits per heavy atom. The molecule has 5 atom stereocenters. The number of hydrogen-bond donors (Lipinski definition) is 0. The monoisotopic (exact) mass is 312 g/mol. The van der Waals surface area contributed by atoms with E-state index in [-0.39, 0.29) is 10.8 Å². The van der Waals surface area contributed by atoms with Gasteiger partial charge >= 0.3 is 0 Å². The summed E-state index contributed by atoms with van der Waals surface area (Å²) in [6, 6.07) is 0. The van der Waals surface area contributed by atoms with Gasteiger partial charge in [-0.25, -0.2) is 0 Å². The topological polar surface area (TPSA) is 26.3 Å². The van der Waals surface area contributed by atoms with E-state index < -0.39 is 0 Å². The first-order valence-corrected chi connectivity index (χ1v) is 9.08. The molecule has 0 unspecified atom stereocenters. The molecule has 2 nitrogen and oxygen atoms in total. The third kappa shape index (κ3) is 1.90. The molecular formula is C21H28O2. The highest BCUT2D eigenvalue weighted by atomic mass is 16.5. The van der Waals surface area contributed by atoms with E-state index in [4.69, 9.17) is 4.74 Å². The van der Waals surface area contributed by atoms with Gasteiger partial charge in [-0.3, -0.25) is 4.79 Å². The number of rotatable bonds is 1. The Kier molecular flexibility index (Phi) is 3.21. The summed E-state index contributed by atoms with van der Waals surface area (Å²) in [4.78, 5) is 12.4. The van der Waals surface area contributed by atoms with Gasteiger partial charge in [-0.05, 0) is 72.5 Å². The number of hydrogen-bond acceptors (Lipinski definition) is 2. The Hall–Kier alpha value is -1.31. The van der Waals surface area contributed by atoms with E-state index in [0.717, 1.165) is 43.4 Å².